The summed E-state index contributed by atoms with van der Waals surface area (Å²) in [5, 5.41) is 2.49. The summed E-state index contributed by atoms with van der Waals surface area (Å²) in [4.78, 5) is 11.8. The van der Waals surface area contributed by atoms with E-state index in [1.54, 1.807) is 24.3 Å². The van der Waals surface area contributed by atoms with Crippen LogP contribution >= 0.6 is 0 Å². The van der Waals surface area contributed by atoms with Crippen LogP contribution in [0.1, 0.15) is 15.9 Å². The van der Waals surface area contributed by atoms with Gasteiger partial charge in [0.1, 0.15) is 5.75 Å². The van der Waals surface area contributed by atoms with Crippen molar-refractivity contribution < 1.29 is 22.7 Å². The first-order valence-corrected chi connectivity index (χ1v) is 6.07. The smallest absolute Gasteiger partial charge is 0.251 e. The van der Waals surface area contributed by atoms with Crippen LogP contribution in [0.2, 0.25) is 0 Å². The Kier molecular flexibility index (Phi) is 4.47. The highest BCUT2D eigenvalue weighted by Gasteiger charge is 2.14. The summed E-state index contributed by atoms with van der Waals surface area (Å²) < 4.78 is 43.9. The molecule has 0 spiro atoms. The monoisotopic (exact) mass is 295 g/mol. The van der Waals surface area contributed by atoms with E-state index >= 15 is 0 Å². The number of carbonyl (C=O) groups excluding carboxylic acids is 1. The Hall–Kier alpha value is -2.50. The Morgan fingerprint density at radius 2 is 1.67 bits per heavy atom. The lowest BCUT2D eigenvalue weighted by Crippen LogP contribution is -2.23. The Balaban J connectivity index is 2.04. The number of amides is 1. The SMILES string of the molecule is COc1ccc(CNC(=O)c2cc(F)c(F)c(F)c2)cc1. The molecule has 0 aliphatic carbocycles. The van der Waals surface area contributed by atoms with Crippen LogP contribution in [0.3, 0.4) is 0 Å². The minimum atomic E-state index is -1.60. The molecule has 0 fully saturated rings. The van der Waals surface area contributed by atoms with Crippen LogP contribution in [0.4, 0.5) is 13.2 Å². The van der Waals surface area contributed by atoms with Gasteiger partial charge in [-0.3, -0.25) is 4.79 Å². The van der Waals surface area contributed by atoms with Crippen LogP contribution < -0.4 is 10.1 Å². The third kappa shape index (κ3) is 3.53. The summed E-state index contributed by atoms with van der Waals surface area (Å²) in [6.45, 7) is 0.170. The Labute approximate surface area is 119 Å². The standard InChI is InChI=1S/C15H12F3NO2/c1-21-11-4-2-9(3-5-11)8-19-15(20)10-6-12(16)14(18)13(17)7-10/h2-7H,8H2,1H3,(H,19,20). The summed E-state index contributed by atoms with van der Waals surface area (Å²) in [6, 6.07) is 8.23. The van der Waals surface area contributed by atoms with Gasteiger partial charge in [-0.2, -0.15) is 0 Å². The van der Waals surface area contributed by atoms with E-state index in [4.69, 9.17) is 4.74 Å². The third-order valence-electron chi connectivity index (χ3n) is 2.86. The second kappa shape index (κ2) is 6.30. The van der Waals surface area contributed by atoms with Crippen LogP contribution in [0.25, 0.3) is 0 Å². The molecule has 1 N–H and O–H groups in total. The van der Waals surface area contributed by atoms with Crippen molar-refractivity contribution in [2.45, 2.75) is 6.54 Å². The highest BCUT2D eigenvalue weighted by atomic mass is 19.2. The number of hydrogen-bond donors (Lipinski definition) is 1. The average Bonchev–Trinajstić information content (AvgIpc) is 2.50. The van der Waals surface area contributed by atoms with Crippen molar-refractivity contribution in [2.75, 3.05) is 7.11 Å². The molecule has 0 aliphatic heterocycles. The van der Waals surface area contributed by atoms with Gasteiger partial charge in [0.2, 0.25) is 0 Å². The molecule has 110 valence electrons. The average molecular weight is 295 g/mol. The second-order valence-corrected chi connectivity index (χ2v) is 4.28. The fourth-order valence-corrected chi connectivity index (χ4v) is 1.71. The number of nitrogens with one attached hydrogen (secondary N) is 1. The van der Waals surface area contributed by atoms with Gasteiger partial charge in [-0.05, 0) is 29.8 Å². The van der Waals surface area contributed by atoms with Crippen molar-refractivity contribution in [3.05, 3.63) is 65.0 Å². The van der Waals surface area contributed by atoms with Crippen molar-refractivity contribution >= 4 is 5.91 Å². The van der Waals surface area contributed by atoms with E-state index in [2.05, 4.69) is 5.32 Å². The predicted octanol–water partition coefficient (Wildman–Crippen LogP) is 3.04. The fourth-order valence-electron chi connectivity index (χ4n) is 1.71. The van der Waals surface area contributed by atoms with Gasteiger partial charge < -0.3 is 10.1 Å². The van der Waals surface area contributed by atoms with Crippen LogP contribution in [0.5, 0.6) is 5.75 Å². The van der Waals surface area contributed by atoms with Gasteiger partial charge >= 0.3 is 0 Å². The summed E-state index contributed by atoms with van der Waals surface area (Å²) in [5.41, 5.74) is 0.507. The van der Waals surface area contributed by atoms with Crippen LogP contribution in [-0.2, 0) is 6.54 Å². The quantitative estimate of drug-likeness (QED) is 0.880. The molecule has 2 aromatic carbocycles. The van der Waals surface area contributed by atoms with E-state index in [0.29, 0.717) is 17.9 Å². The molecule has 0 bridgehead atoms. The number of rotatable bonds is 4. The first kappa shape index (κ1) is 14.9. The molecule has 0 aromatic heterocycles. The van der Waals surface area contributed by atoms with Crippen molar-refractivity contribution in [1.82, 2.24) is 5.32 Å². The number of methoxy groups -OCH3 is 1. The molecular formula is C15H12F3NO2. The van der Waals surface area contributed by atoms with Crippen molar-refractivity contribution in [2.24, 2.45) is 0 Å². The normalized spacial score (nSPS) is 10.3. The zero-order valence-corrected chi connectivity index (χ0v) is 11.1. The van der Waals surface area contributed by atoms with Gasteiger partial charge in [0.05, 0.1) is 7.11 Å². The van der Waals surface area contributed by atoms with Crippen molar-refractivity contribution in [1.29, 1.82) is 0 Å². The minimum absolute atomic E-state index is 0.170. The molecule has 0 unspecified atom stereocenters. The van der Waals surface area contributed by atoms with Crippen LogP contribution in [-0.4, -0.2) is 13.0 Å². The Morgan fingerprint density at radius 3 is 2.19 bits per heavy atom. The van der Waals surface area contributed by atoms with E-state index < -0.39 is 23.4 Å². The first-order chi connectivity index (χ1) is 10.0. The largest absolute Gasteiger partial charge is 0.497 e. The number of hydrogen-bond acceptors (Lipinski definition) is 2. The van der Waals surface area contributed by atoms with E-state index in [1.807, 2.05) is 0 Å². The molecule has 0 heterocycles. The van der Waals surface area contributed by atoms with Gasteiger partial charge in [0.15, 0.2) is 17.5 Å². The van der Waals surface area contributed by atoms with E-state index in [-0.39, 0.29) is 12.1 Å². The van der Waals surface area contributed by atoms with Crippen LogP contribution in [0.15, 0.2) is 36.4 Å². The van der Waals surface area contributed by atoms with Crippen LogP contribution in [0, 0.1) is 17.5 Å². The molecule has 0 aliphatic rings. The van der Waals surface area contributed by atoms with E-state index in [9.17, 15) is 18.0 Å². The lowest BCUT2D eigenvalue weighted by molar-refractivity contribution is 0.0949. The molecular weight excluding hydrogens is 283 g/mol. The summed E-state index contributed by atoms with van der Waals surface area (Å²) in [5.74, 6) is -4.41. The maximum absolute atomic E-state index is 13.0. The van der Waals surface area contributed by atoms with Crippen molar-refractivity contribution in [3.8, 4) is 5.75 Å². The molecule has 6 heteroatoms. The van der Waals surface area contributed by atoms with E-state index in [1.165, 1.54) is 7.11 Å². The number of benzene rings is 2. The highest BCUT2D eigenvalue weighted by Crippen LogP contribution is 2.14. The summed E-state index contributed by atoms with van der Waals surface area (Å²) in [6.07, 6.45) is 0. The molecule has 0 saturated carbocycles. The van der Waals surface area contributed by atoms with Gasteiger partial charge in [0.25, 0.3) is 5.91 Å². The molecule has 1 amide bonds. The molecule has 2 aromatic rings. The maximum atomic E-state index is 13.0. The maximum Gasteiger partial charge on any atom is 0.251 e. The molecule has 21 heavy (non-hydrogen) atoms. The van der Waals surface area contributed by atoms with Gasteiger partial charge in [0, 0.05) is 12.1 Å². The second-order valence-electron chi connectivity index (χ2n) is 4.28. The zero-order valence-electron chi connectivity index (χ0n) is 11.1. The van der Waals surface area contributed by atoms with Gasteiger partial charge in [-0.15, -0.1) is 0 Å². The molecule has 2 rings (SSSR count). The lowest BCUT2D eigenvalue weighted by Gasteiger charge is -2.07. The summed E-state index contributed by atoms with van der Waals surface area (Å²) >= 11 is 0. The van der Waals surface area contributed by atoms with Gasteiger partial charge in [-0.25, -0.2) is 13.2 Å². The zero-order chi connectivity index (χ0) is 15.4. The number of ether oxygens (including phenoxy) is 1. The topological polar surface area (TPSA) is 38.3 Å². The highest BCUT2D eigenvalue weighted by molar-refractivity contribution is 5.94. The first-order valence-electron chi connectivity index (χ1n) is 6.07. The molecule has 3 nitrogen and oxygen atoms in total. The number of halogens is 3. The predicted molar refractivity (Wildman–Crippen MR) is 70.5 cm³/mol. The summed E-state index contributed by atoms with van der Waals surface area (Å²) in [7, 11) is 1.54. The fraction of sp³-hybridized carbons (Fsp3) is 0.133. The third-order valence-corrected chi connectivity index (χ3v) is 2.86. The Morgan fingerprint density at radius 1 is 1.10 bits per heavy atom. The van der Waals surface area contributed by atoms with E-state index in [0.717, 1.165) is 5.56 Å². The molecule has 0 saturated heterocycles. The van der Waals surface area contributed by atoms with Crippen molar-refractivity contribution in [3.63, 3.8) is 0 Å². The van der Waals surface area contributed by atoms with Gasteiger partial charge in [-0.1, -0.05) is 12.1 Å². The lowest BCUT2D eigenvalue weighted by atomic mass is 10.1. The molecule has 0 atom stereocenters. The molecule has 0 radical (unpaired) electrons. The number of carbonyl (C=O) groups is 1. The minimum Gasteiger partial charge on any atom is -0.497 e. The Bertz CT molecular complexity index is 633.